The third kappa shape index (κ3) is 2.47. The van der Waals surface area contributed by atoms with Gasteiger partial charge < -0.3 is 10.0 Å². The predicted octanol–water partition coefficient (Wildman–Crippen LogP) is 1.16. The first-order valence-corrected chi connectivity index (χ1v) is 5.57. The molecule has 0 aromatic heterocycles. The molecule has 14 heavy (non-hydrogen) atoms. The Morgan fingerprint density at radius 3 is 2.86 bits per heavy atom. The number of amides is 1. The number of rotatable bonds is 2. The van der Waals surface area contributed by atoms with Gasteiger partial charge in [0.25, 0.3) is 0 Å². The van der Waals surface area contributed by atoms with E-state index < -0.39 is 5.60 Å². The van der Waals surface area contributed by atoms with Crippen LogP contribution in [0.25, 0.3) is 0 Å². The van der Waals surface area contributed by atoms with Gasteiger partial charge in [-0.05, 0) is 38.5 Å². The molecule has 2 rings (SSSR count). The van der Waals surface area contributed by atoms with E-state index in [1.807, 2.05) is 11.8 Å². The van der Waals surface area contributed by atoms with Crippen molar-refractivity contribution in [2.24, 2.45) is 5.92 Å². The lowest BCUT2D eigenvalue weighted by Gasteiger charge is -2.36. The van der Waals surface area contributed by atoms with E-state index in [2.05, 4.69) is 0 Å². The summed E-state index contributed by atoms with van der Waals surface area (Å²) in [4.78, 5) is 13.6. The van der Waals surface area contributed by atoms with Gasteiger partial charge >= 0.3 is 0 Å². The zero-order chi connectivity index (χ0) is 10.2. The summed E-state index contributed by atoms with van der Waals surface area (Å²) in [5.74, 6) is 0.891. The topological polar surface area (TPSA) is 40.5 Å². The molecule has 3 nitrogen and oxygen atoms in total. The summed E-state index contributed by atoms with van der Waals surface area (Å²) in [6.45, 7) is 3.18. The standard InChI is InChI=1S/C11H19NO2/c1-11(14)5-2-6-12(8-11)10(13)7-9-3-4-9/h9,14H,2-8H2,1H3. The molecular formula is C11H19NO2. The molecule has 1 atom stereocenters. The van der Waals surface area contributed by atoms with Crippen LogP contribution in [0.5, 0.6) is 0 Å². The second-order valence-electron chi connectivity index (χ2n) is 5.06. The number of hydrogen-bond acceptors (Lipinski definition) is 2. The predicted molar refractivity (Wildman–Crippen MR) is 53.8 cm³/mol. The largest absolute Gasteiger partial charge is 0.388 e. The van der Waals surface area contributed by atoms with E-state index in [0.29, 0.717) is 18.9 Å². The SMILES string of the molecule is CC1(O)CCCN(C(=O)CC2CC2)C1. The molecule has 0 radical (unpaired) electrons. The minimum Gasteiger partial charge on any atom is -0.388 e. The first-order chi connectivity index (χ1) is 6.57. The molecule has 0 bridgehead atoms. The lowest BCUT2D eigenvalue weighted by molar-refractivity contribution is -0.137. The van der Waals surface area contributed by atoms with Crippen LogP contribution < -0.4 is 0 Å². The van der Waals surface area contributed by atoms with Gasteiger partial charge in [0.2, 0.25) is 5.91 Å². The summed E-state index contributed by atoms with van der Waals surface area (Å²) in [6, 6.07) is 0. The normalized spacial score (nSPS) is 33.1. The first kappa shape index (κ1) is 9.97. The van der Waals surface area contributed by atoms with E-state index in [9.17, 15) is 9.90 Å². The zero-order valence-corrected chi connectivity index (χ0v) is 8.83. The number of β-amino-alcohol motifs (C(OH)–C–C–N with tert-alkyl or cyclic N) is 1. The number of aliphatic hydroxyl groups is 1. The Bertz CT molecular complexity index is 233. The van der Waals surface area contributed by atoms with Crippen molar-refractivity contribution in [1.29, 1.82) is 0 Å². The van der Waals surface area contributed by atoms with Crippen molar-refractivity contribution in [1.82, 2.24) is 4.90 Å². The Labute approximate surface area is 85.1 Å². The summed E-state index contributed by atoms with van der Waals surface area (Å²) in [5, 5.41) is 9.85. The van der Waals surface area contributed by atoms with E-state index in [1.54, 1.807) is 0 Å². The lowest BCUT2D eigenvalue weighted by atomic mass is 9.95. The third-order valence-electron chi connectivity index (χ3n) is 3.19. The van der Waals surface area contributed by atoms with Crippen LogP contribution in [0.1, 0.15) is 39.0 Å². The molecule has 1 unspecified atom stereocenters. The van der Waals surface area contributed by atoms with Gasteiger partial charge in [-0.25, -0.2) is 0 Å². The van der Waals surface area contributed by atoms with Crippen molar-refractivity contribution < 1.29 is 9.90 Å². The Morgan fingerprint density at radius 2 is 2.29 bits per heavy atom. The summed E-state index contributed by atoms with van der Waals surface area (Å²) in [7, 11) is 0. The maximum absolute atomic E-state index is 11.8. The number of carbonyl (C=O) groups is 1. The zero-order valence-electron chi connectivity index (χ0n) is 8.83. The van der Waals surface area contributed by atoms with E-state index in [0.717, 1.165) is 19.4 Å². The molecular weight excluding hydrogens is 178 g/mol. The molecule has 0 aromatic carbocycles. The van der Waals surface area contributed by atoms with Gasteiger partial charge in [-0.2, -0.15) is 0 Å². The van der Waals surface area contributed by atoms with Crippen LogP contribution in [0.3, 0.4) is 0 Å². The van der Waals surface area contributed by atoms with E-state index in [-0.39, 0.29) is 5.91 Å². The minimum absolute atomic E-state index is 0.243. The van der Waals surface area contributed by atoms with Gasteiger partial charge in [-0.1, -0.05) is 0 Å². The van der Waals surface area contributed by atoms with Crippen LogP contribution in [0.15, 0.2) is 0 Å². The molecule has 1 aliphatic carbocycles. The quantitative estimate of drug-likeness (QED) is 0.721. The average Bonchev–Trinajstić information content (AvgIpc) is 2.86. The highest BCUT2D eigenvalue weighted by atomic mass is 16.3. The molecule has 3 heteroatoms. The fourth-order valence-corrected chi connectivity index (χ4v) is 2.13. The Morgan fingerprint density at radius 1 is 1.57 bits per heavy atom. The summed E-state index contributed by atoms with van der Waals surface area (Å²) in [5.41, 5.74) is -0.655. The fraction of sp³-hybridized carbons (Fsp3) is 0.909. The van der Waals surface area contributed by atoms with Crippen LogP contribution in [-0.4, -0.2) is 34.6 Å². The summed E-state index contributed by atoms with van der Waals surface area (Å²) in [6.07, 6.45) is 4.89. The van der Waals surface area contributed by atoms with E-state index in [1.165, 1.54) is 12.8 Å². The Hall–Kier alpha value is -0.570. The highest BCUT2D eigenvalue weighted by Crippen LogP contribution is 2.33. The third-order valence-corrected chi connectivity index (χ3v) is 3.19. The molecule has 0 spiro atoms. The second kappa shape index (κ2) is 3.54. The molecule has 1 saturated heterocycles. The minimum atomic E-state index is -0.655. The smallest absolute Gasteiger partial charge is 0.222 e. The van der Waals surface area contributed by atoms with Gasteiger partial charge in [0.15, 0.2) is 0 Å². The Balaban J connectivity index is 1.86. The van der Waals surface area contributed by atoms with Crippen molar-refractivity contribution >= 4 is 5.91 Å². The summed E-state index contributed by atoms with van der Waals surface area (Å²) < 4.78 is 0. The van der Waals surface area contributed by atoms with Crippen molar-refractivity contribution in [3.63, 3.8) is 0 Å². The van der Waals surface area contributed by atoms with E-state index in [4.69, 9.17) is 0 Å². The number of piperidine rings is 1. The van der Waals surface area contributed by atoms with Crippen molar-refractivity contribution in [3.8, 4) is 0 Å². The van der Waals surface area contributed by atoms with Gasteiger partial charge in [-0.3, -0.25) is 4.79 Å². The molecule has 1 amide bonds. The van der Waals surface area contributed by atoms with Crippen molar-refractivity contribution in [2.45, 2.75) is 44.6 Å². The molecule has 1 heterocycles. The number of nitrogens with zero attached hydrogens (tertiary/aromatic N) is 1. The highest BCUT2D eigenvalue weighted by molar-refractivity contribution is 5.77. The first-order valence-electron chi connectivity index (χ1n) is 5.57. The lowest BCUT2D eigenvalue weighted by Crippen LogP contribution is -2.48. The number of hydrogen-bond donors (Lipinski definition) is 1. The monoisotopic (exact) mass is 197 g/mol. The fourth-order valence-electron chi connectivity index (χ4n) is 2.13. The average molecular weight is 197 g/mol. The summed E-state index contributed by atoms with van der Waals surface area (Å²) >= 11 is 0. The molecule has 1 aliphatic heterocycles. The maximum atomic E-state index is 11.8. The van der Waals surface area contributed by atoms with Crippen molar-refractivity contribution in [2.75, 3.05) is 13.1 Å². The second-order valence-corrected chi connectivity index (χ2v) is 5.06. The maximum Gasteiger partial charge on any atom is 0.222 e. The van der Waals surface area contributed by atoms with Gasteiger partial charge in [0, 0.05) is 19.5 Å². The molecule has 0 aromatic rings. The molecule has 1 saturated carbocycles. The van der Waals surface area contributed by atoms with Crippen molar-refractivity contribution in [3.05, 3.63) is 0 Å². The number of likely N-dealkylation sites (tertiary alicyclic amines) is 1. The Kier molecular flexibility index (Phi) is 2.52. The van der Waals surface area contributed by atoms with Crippen LogP contribution in [0.4, 0.5) is 0 Å². The molecule has 2 aliphatic rings. The highest BCUT2D eigenvalue weighted by Gasteiger charge is 2.33. The van der Waals surface area contributed by atoms with Gasteiger partial charge in [-0.15, -0.1) is 0 Å². The van der Waals surface area contributed by atoms with E-state index >= 15 is 0 Å². The van der Waals surface area contributed by atoms with Crippen LogP contribution in [0.2, 0.25) is 0 Å². The molecule has 80 valence electrons. The number of carbonyl (C=O) groups excluding carboxylic acids is 1. The van der Waals surface area contributed by atoms with Crippen LogP contribution in [0, 0.1) is 5.92 Å². The van der Waals surface area contributed by atoms with Gasteiger partial charge in [0.05, 0.1) is 5.60 Å². The van der Waals surface area contributed by atoms with Gasteiger partial charge in [0.1, 0.15) is 0 Å². The van der Waals surface area contributed by atoms with Crippen LogP contribution in [-0.2, 0) is 4.79 Å². The molecule has 2 fully saturated rings. The molecule has 1 N–H and O–H groups in total. The van der Waals surface area contributed by atoms with Crippen LogP contribution >= 0.6 is 0 Å².